The van der Waals surface area contributed by atoms with Crippen LogP contribution in [0.2, 0.25) is 0 Å². The molecule has 1 fully saturated rings. The number of ether oxygens (including phenoxy) is 2. The Hall–Kier alpha value is -1.59. The van der Waals surface area contributed by atoms with Crippen molar-refractivity contribution in [3.05, 3.63) is 36.5 Å². The fourth-order valence-electron chi connectivity index (χ4n) is 6.48. The summed E-state index contributed by atoms with van der Waals surface area (Å²) in [6, 6.07) is -0.803. The van der Waals surface area contributed by atoms with Crippen molar-refractivity contribution in [2.75, 3.05) is 13.2 Å². The van der Waals surface area contributed by atoms with Gasteiger partial charge in [0.25, 0.3) is 0 Å². The first-order valence-corrected chi connectivity index (χ1v) is 21.2. The lowest BCUT2D eigenvalue weighted by Gasteiger charge is -2.40. The second-order valence-corrected chi connectivity index (χ2v) is 14.8. The minimum absolute atomic E-state index is 0.185. The summed E-state index contributed by atoms with van der Waals surface area (Å²) >= 11 is 0. The molecule has 1 aliphatic heterocycles. The van der Waals surface area contributed by atoms with Gasteiger partial charge in [-0.05, 0) is 51.4 Å². The molecule has 0 aliphatic carbocycles. The molecule has 0 saturated carbocycles. The van der Waals surface area contributed by atoms with Gasteiger partial charge < -0.3 is 40.3 Å². The van der Waals surface area contributed by atoms with Gasteiger partial charge in [-0.3, -0.25) is 4.79 Å². The van der Waals surface area contributed by atoms with E-state index in [9.17, 15) is 30.3 Å². The molecular weight excluding hydrogens is 658 g/mol. The van der Waals surface area contributed by atoms with Crippen LogP contribution in [0.3, 0.4) is 0 Å². The smallest absolute Gasteiger partial charge is 0.220 e. The van der Waals surface area contributed by atoms with E-state index in [1.165, 1.54) is 109 Å². The van der Waals surface area contributed by atoms with Gasteiger partial charge in [0.15, 0.2) is 6.29 Å². The summed E-state index contributed by atoms with van der Waals surface area (Å²) in [4.78, 5) is 12.9. The molecule has 1 amide bonds. The Balaban J connectivity index is 2.35. The van der Waals surface area contributed by atoms with Gasteiger partial charge in [0, 0.05) is 6.42 Å². The summed E-state index contributed by atoms with van der Waals surface area (Å²) in [5.74, 6) is -0.185. The van der Waals surface area contributed by atoms with Crippen LogP contribution < -0.4 is 5.32 Å². The van der Waals surface area contributed by atoms with E-state index in [1.807, 2.05) is 6.08 Å². The van der Waals surface area contributed by atoms with E-state index in [2.05, 4.69) is 43.5 Å². The summed E-state index contributed by atoms with van der Waals surface area (Å²) in [6.07, 6.45) is 33.3. The fourth-order valence-corrected chi connectivity index (χ4v) is 6.48. The second kappa shape index (κ2) is 33.9. The summed E-state index contributed by atoms with van der Waals surface area (Å²) < 4.78 is 11.2. The normalized spacial score (nSPS) is 22.2. The number of nitrogens with one attached hydrogen (secondary N) is 1. The molecule has 304 valence electrons. The summed E-state index contributed by atoms with van der Waals surface area (Å²) in [6.45, 7) is 3.71. The molecule has 0 radical (unpaired) electrons. The SMILES string of the molecule is CCCCC/C=C\C/C=C\CCCCCCCCCCCC(=O)NC(COC1OC(CO)C(O)C(O)C1O)C(O)/C=C/CCCCCCCCCC. The Bertz CT molecular complexity index is 910. The lowest BCUT2D eigenvalue weighted by atomic mass is 9.99. The zero-order chi connectivity index (χ0) is 38.1. The number of hydrogen-bond donors (Lipinski definition) is 6. The van der Waals surface area contributed by atoms with Gasteiger partial charge in [0.2, 0.25) is 5.91 Å². The molecule has 9 heteroatoms. The van der Waals surface area contributed by atoms with E-state index in [4.69, 9.17) is 9.47 Å². The van der Waals surface area contributed by atoms with Crippen LogP contribution in [0, 0.1) is 0 Å². The van der Waals surface area contributed by atoms with Crippen LogP contribution in [0.4, 0.5) is 0 Å². The molecule has 7 atom stereocenters. The Morgan fingerprint density at radius 3 is 1.69 bits per heavy atom. The highest BCUT2D eigenvalue weighted by Crippen LogP contribution is 2.22. The molecule has 0 aromatic carbocycles. The fraction of sp³-hybridized carbons (Fsp3) is 0.837. The van der Waals surface area contributed by atoms with Crippen molar-refractivity contribution in [3.8, 4) is 0 Å². The van der Waals surface area contributed by atoms with Crippen LogP contribution in [0.1, 0.15) is 174 Å². The van der Waals surface area contributed by atoms with E-state index in [0.717, 1.165) is 44.9 Å². The van der Waals surface area contributed by atoms with Crippen LogP contribution in [-0.4, -0.2) is 87.5 Å². The van der Waals surface area contributed by atoms with E-state index in [0.29, 0.717) is 6.42 Å². The van der Waals surface area contributed by atoms with Crippen molar-refractivity contribution in [1.82, 2.24) is 5.32 Å². The van der Waals surface area contributed by atoms with Gasteiger partial charge in [0.1, 0.15) is 24.4 Å². The molecule has 9 nitrogen and oxygen atoms in total. The van der Waals surface area contributed by atoms with Crippen LogP contribution in [0.15, 0.2) is 36.5 Å². The van der Waals surface area contributed by atoms with Crippen molar-refractivity contribution >= 4 is 5.91 Å². The summed E-state index contributed by atoms with van der Waals surface area (Å²) in [7, 11) is 0. The molecule has 6 N–H and O–H groups in total. The van der Waals surface area contributed by atoms with Crippen molar-refractivity contribution in [1.29, 1.82) is 0 Å². The Labute approximate surface area is 317 Å². The maximum absolute atomic E-state index is 12.9. The number of hydrogen-bond acceptors (Lipinski definition) is 8. The average molecular weight is 738 g/mol. The minimum Gasteiger partial charge on any atom is -0.394 e. The lowest BCUT2D eigenvalue weighted by molar-refractivity contribution is -0.302. The third-order valence-corrected chi connectivity index (χ3v) is 9.96. The van der Waals surface area contributed by atoms with E-state index >= 15 is 0 Å². The zero-order valence-electron chi connectivity index (χ0n) is 33.1. The molecule has 0 aromatic rings. The zero-order valence-corrected chi connectivity index (χ0v) is 33.1. The number of amides is 1. The highest BCUT2D eigenvalue weighted by Gasteiger charge is 2.44. The Morgan fingerprint density at radius 1 is 0.654 bits per heavy atom. The van der Waals surface area contributed by atoms with Crippen LogP contribution in [0.25, 0.3) is 0 Å². The first kappa shape index (κ1) is 48.4. The number of unbranched alkanes of at least 4 members (excludes halogenated alkanes) is 20. The Morgan fingerprint density at radius 2 is 1.13 bits per heavy atom. The van der Waals surface area contributed by atoms with E-state index < -0.39 is 49.5 Å². The molecular formula is C43H79NO8. The summed E-state index contributed by atoms with van der Waals surface area (Å²) in [5.41, 5.74) is 0. The largest absolute Gasteiger partial charge is 0.394 e. The van der Waals surface area contributed by atoms with Crippen molar-refractivity contribution < 1.29 is 39.8 Å². The van der Waals surface area contributed by atoms with E-state index in [1.54, 1.807) is 6.08 Å². The maximum Gasteiger partial charge on any atom is 0.220 e. The van der Waals surface area contributed by atoms with Gasteiger partial charge in [-0.15, -0.1) is 0 Å². The minimum atomic E-state index is -1.56. The Kier molecular flexibility index (Phi) is 31.6. The summed E-state index contributed by atoms with van der Waals surface area (Å²) in [5, 5.41) is 53.9. The van der Waals surface area contributed by atoms with Crippen LogP contribution >= 0.6 is 0 Å². The molecule has 1 heterocycles. The van der Waals surface area contributed by atoms with Crippen LogP contribution in [-0.2, 0) is 14.3 Å². The van der Waals surface area contributed by atoms with Gasteiger partial charge in [0.05, 0.1) is 25.4 Å². The monoisotopic (exact) mass is 738 g/mol. The first-order valence-electron chi connectivity index (χ1n) is 21.2. The molecule has 0 spiro atoms. The molecule has 7 unspecified atom stereocenters. The molecule has 1 rings (SSSR count). The highest BCUT2D eigenvalue weighted by molar-refractivity contribution is 5.76. The maximum atomic E-state index is 12.9. The number of aliphatic hydroxyl groups excluding tert-OH is 5. The molecule has 1 saturated heterocycles. The predicted octanol–water partition coefficient (Wildman–Crippen LogP) is 8.11. The van der Waals surface area contributed by atoms with Crippen LogP contribution in [0.5, 0.6) is 0 Å². The first-order chi connectivity index (χ1) is 25.3. The third-order valence-electron chi connectivity index (χ3n) is 9.96. The van der Waals surface area contributed by atoms with Crippen molar-refractivity contribution in [2.45, 2.75) is 217 Å². The molecule has 1 aliphatic rings. The highest BCUT2D eigenvalue weighted by atomic mass is 16.7. The number of carbonyl (C=O) groups is 1. The molecule has 52 heavy (non-hydrogen) atoms. The second-order valence-electron chi connectivity index (χ2n) is 14.8. The quantitative estimate of drug-likeness (QED) is 0.0287. The van der Waals surface area contributed by atoms with Crippen molar-refractivity contribution in [3.63, 3.8) is 0 Å². The number of allylic oxidation sites excluding steroid dienone is 5. The third kappa shape index (κ3) is 24.7. The number of rotatable bonds is 34. The standard InChI is InChI=1S/C43H79NO8/c1-3-5-7-9-11-13-15-16-17-18-19-20-21-22-23-25-27-29-31-33-39(47)44-36(35-51-43-42(50)41(49)40(48)38(34-45)52-43)37(46)32-30-28-26-24-14-12-10-8-6-4-2/h11,13,16-17,30,32,36-38,40-43,45-46,48-50H,3-10,12,14-15,18-29,31,33-35H2,1-2H3,(H,44,47)/b13-11-,17-16-,32-30+. The number of carbonyl (C=O) groups excluding carboxylic acids is 1. The molecule has 0 aromatic heterocycles. The average Bonchev–Trinajstić information content (AvgIpc) is 3.14. The topological polar surface area (TPSA) is 149 Å². The van der Waals surface area contributed by atoms with Gasteiger partial charge in [-0.1, -0.05) is 153 Å². The lowest BCUT2D eigenvalue weighted by Crippen LogP contribution is -2.60. The predicted molar refractivity (Wildman–Crippen MR) is 212 cm³/mol. The number of aliphatic hydroxyl groups is 5. The van der Waals surface area contributed by atoms with Gasteiger partial charge in [-0.25, -0.2) is 0 Å². The molecule has 0 bridgehead atoms. The van der Waals surface area contributed by atoms with Gasteiger partial charge in [-0.2, -0.15) is 0 Å². The van der Waals surface area contributed by atoms with Crippen molar-refractivity contribution in [2.24, 2.45) is 0 Å². The van der Waals surface area contributed by atoms with E-state index in [-0.39, 0.29) is 12.5 Å². The van der Waals surface area contributed by atoms with Gasteiger partial charge >= 0.3 is 0 Å².